The molecule has 0 bridgehead atoms. The van der Waals surface area contributed by atoms with E-state index in [0.29, 0.717) is 0 Å². The second kappa shape index (κ2) is 13.6. The van der Waals surface area contributed by atoms with Crippen LogP contribution in [0.15, 0.2) is 176 Å². The minimum atomic E-state index is 0.0691. The molecule has 1 aromatic heterocycles. The molecule has 0 amide bonds. The SMILES string of the molecule is CC(C)(C)c1cc(-c2cccc(-c3cccc(-c4ccc5c(c4)-c4cccc(-c6ccc7c(c6)c6ccccc6n7-c6ccccc6)c4C5)c3)c2)cc(C(C)(C)C)c1. The second-order valence-corrected chi connectivity index (χ2v) is 18.3. The van der Waals surface area contributed by atoms with Gasteiger partial charge in [0.25, 0.3) is 0 Å². The zero-order valence-electron chi connectivity index (χ0n) is 34.4. The minimum Gasteiger partial charge on any atom is -0.309 e. The van der Waals surface area contributed by atoms with Gasteiger partial charge < -0.3 is 4.57 Å². The zero-order chi connectivity index (χ0) is 39.8. The van der Waals surface area contributed by atoms with E-state index in [1.165, 1.54) is 105 Å². The van der Waals surface area contributed by atoms with Gasteiger partial charge in [0.1, 0.15) is 0 Å². The van der Waals surface area contributed by atoms with Crippen molar-refractivity contribution < 1.29 is 0 Å². The fourth-order valence-electron chi connectivity index (χ4n) is 9.06. The third-order valence-corrected chi connectivity index (χ3v) is 12.3. The topological polar surface area (TPSA) is 4.93 Å². The predicted molar refractivity (Wildman–Crippen MR) is 248 cm³/mol. The van der Waals surface area contributed by atoms with E-state index in [9.17, 15) is 0 Å². The van der Waals surface area contributed by atoms with Crippen molar-refractivity contribution in [3.63, 3.8) is 0 Å². The van der Waals surface area contributed by atoms with Crippen molar-refractivity contribution in [1.29, 1.82) is 0 Å². The van der Waals surface area contributed by atoms with Gasteiger partial charge >= 0.3 is 0 Å². The molecule has 0 radical (unpaired) electrons. The molecule has 0 spiro atoms. The molecule has 58 heavy (non-hydrogen) atoms. The molecule has 1 aliphatic carbocycles. The molecular formula is C57H49N. The van der Waals surface area contributed by atoms with Crippen molar-refractivity contribution in [2.24, 2.45) is 0 Å². The fourth-order valence-corrected chi connectivity index (χ4v) is 9.06. The number of fused-ring (bicyclic) bond motifs is 6. The molecule has 0 unspecified atom stereocenters. The first-order chi connectivity index (χ1) is 28.0. The summed E-state index contributed by atoms with van der Waals surface area (Å²) in [6, 6.07) is 65.8. The Kier molecular flexibility index (Phi) is 8.43. The molecule has 282 valence electrons. The van der Waals surface area contributed by atoms with Gasteiger partial charge in [0.15, 0.2) is 0 Å². The van der Waals surface area contributed by atoms with E-state index in [0.717, 1.165) is 6.42 Å². The van der Waals surface area contributed by atoms with Crippen molar-refractivity contribution in [3.8, 4) is 61.3 Å². The van der Waals surface area contributed by atoms with E-state index >= 15 is 0 Å². The van der Waals surface area contributed by atoms with Crippen LogP contribution in [0.25, 0.3) is 83.1 Å². The highest BCUT2D eigenvalue weighted by Gasteiger charge is 2.24. The van der Waals surface area contributed by atoms with Crippen molar-refractivity contribution in [2.45, 2.75) is 58.8 Å². The van der Waals surface area contributed by atoms with E-state index < -0.39 is 0 Å². The molecular weight excluding hydrogens is 699 g/mol. The van der Waals surface area contributed by atoms with Crippen LogP contribution in [0.1, 0.15) is 63.8 Å². The van der Waals surface area contributed by atoms with Gasteiger partial charge in [-0.3, -0.25) is 0 Å². The van der Waals surface area contributed by atoms with Gasteiger partial charge in [-0.1, -0.05) is 169 Å². The monoisotopic (exact) mass is 747 g/mol. The third-order valence-electron chi connectivity index (χ3n) is 12.3. The quantitative estimate of drug-likeness (QED) is 0.165. The summed E-state index contributed by atoms with van der Waals surface area (Å²) >= 11 is 0. The van der Waals surface area contributed by atoms with E-state index in [4.69, 9.17) is 0 Å². The molecule has 0 aliphatic heterocycles. The maximum absolute atomic E-state index is 2.42. The molecule has 10 rings (SSSR count). The Bertz CT molecular complexity index is 3000. The number of hydrogen-bond donors (Lipinski definition) is 0. The standard InChI is InChI=1S/C57H49N/c1-56(2,3)45-31-44(32-46(36-45)57(4,5)6)40-18-13-16-38(30-40)37-15-12-17-39(29-37)41-25-26-43-34-52-48(22-14-23-49(52)51(43)33-41)42-27-28-55-53(35-42)50-21-10-11-24-54(50)58(55)47-19-8-7-9-20-47/h7-33,35-36H,34H2,1-6H3. The van der Waals surface area contributed by atoms with Crippen LogP contribution in [0.3, 0.4) is 0 Å². The van der Waals surface area contributed by atoms with Gasteiger partial charge in [0.2, 0.25) is 0 Å². The molecule has 9 aromatic rings. The number of benzene rings is 8. The molecule has 1 nitrogen and oxygen atoms in total. The summed E-state index contributed by atoms with van der Waals surface area (Å²) in [5.41, 5.74) is 22.1. The maximum atomic E-state index is 2.42. The minimum absolute atomic E-state index is 0.0691. The predicted octanol–water partition coefficient (Wildman–Crippen LogP) is 15.6. The van der Waals surface area contributed by atoms with Crippen LogP contribution < -0.4 is 0 Å². The molecule has 1 heterocycles. The van der Waals surface area contributed by atoms with Crippen LogP contribution in [0, 0.1) is 0 Å². The van der Waals surface area contributed by atoms with Gasteiger partial charge in [-0.05, 0) is 144 Å². The van der Waals surface area contributed by atoms with Crippen LogP contribution in [-0.2, 0) is 17.3 Å². The number of nitrogens with zero attached hydrogens (tertiary/aromatic N) is 1. The molecule has 0 N–H and O–H groups in total. The summed E-state index contributed by atoms with van der Waals surface area (Å²) in [7, 11) is 0. The molecule has 8 aromatic carbocycles. The zero-order valence-corrected chi connectivity index (χ0v) is 34.4. The first-order valence-corrected chi connectivity index (χ1v) is 20.7. The first-order valence-electron chi connectivity index (χ1n) is 20.7. The molecule has 0 saturated carbocycles. The van der Waals surface area contributed by atoms with Crippen molar-refractivity contribution in [2.75, 3.05) is 0 Å². The summed E-state index contributed by atoms with van der Waals surface area (Å²) in [5, 5.41) is 2.56. The largest absolute Gasteiger partial charge is 0.309 e. The third kappa shape index (κ3) is 6.27. The van der Waals surface area contributed by atoms with Gasteiger partial charge in [-0.15, -0.1) is 0 Å². The average Bonchev–Trinajstić information content (AvgIpc) is 3.78. The molecule has 0 atom stereocenters. The molecule has 0 fully saturated rings. The van der Waals surface area contributed by atoms with Crippen LogP contribution in [0.2, 0.25) is 0 Å². The fraction of sp³-hybridized carbons (Fsp3) is 0.158. The Morgan fingerprint density at radius 3 is 1.59 bits per heavy atom. The molecule has 1 aliphatic rings. The summed E-state index contributed by atoms with van der Waals surface area (Å²) in [6.45, 7) is 13.9. The normalized spacial score (nSPS) is 12.6. The Balaban J connectivity index is 0.997. The lowest BCUT2D eigenvalue weighted by atomic mass is 9.79. The Morgan fingerprint density at radius 1 is 0.362 bits per heavy atom. The summed E-state index contributed by atoms with van der Waals surface area (Å²) in [5.74, 6) is 0. The summed E-state index contributed by atoms with van der Waals surface area (Å²) < 4.78 is 2.39. The summed E-state index contributed by atoms with van der Waals surface area (Å²) in [4.78, 5) is 0. The van der Waals surface area contributed by atoms with Crippen LogP contribution in [0.4, 0.5) is 0 Å². The van der Waals surface area contributed by atoms with Crippen LogP contribution >= 0.6 is 0 Å². The van der Waals surface area contributed by atoms with Crippen molar-refractivity contribution in [1.82, 2.24) is 4.57 Å². The van der Waals surface area contributed by atoms with Crippen molar-refractivity contribution in [3.05, 3.63) is 198 Å². The Labute approximate surface area is 343 Å². The number of aromatic nitrogens is 1. The maximum Gasteiger partial charge on any atom is 0.0541 e. The van der Waals surface area contributed by atoms with E-state index in [1.807, 2.05) is 0 Å². The summed E-state index contributed by atoms with van der Waals surface area (Å²) in [6.07, 6.45) is 0.936. The van der Waals surface area contributed by atoms with E-state index in [1.54, 1.807) is 0 Å². The number of hydrogen-bond acceptors (Lipinski definition) is 0. The molecule has 1 heteroatoms. The lowest BCUT2D eigenvalue weighted by Gasteiger charge is -2.26. The van der Waals surface area contributed by atoms with Gasteiger partial charge in [0, 0.05) is 16.5 Å². The Morgan fingerprint density at radius 2 is 0.914 bits per heavy atom. The second-order valence-electron chi connectivity index (χ2n) is 18.3. The Hall–Kier alpha value is -6.44. The van der Waals surface area contributed by atoms with Gasteiger partial charge in [0.05, 0.1) is 11.0 Å². The van der Waals surface area contributed by atoms with Gasteiger partial charge in [-0.25, -0.2) is 0 Å². The lowest BCUT2D eigenvalue weighted by Crippen LogP contribution is -2.16. The number of rotatable bonds is 5. The lowest BCUT2D eigenvalue weighted by molar-refractivity contribution is 0.569. The smallest absolute Gasteiger partial charge is 0.0541 e. The van der Waals surface area contributed by atoms with Gasteiger partial charge in [-0.2, -0.15) is 0 Å². The van der Waals surface area contributed by atoms with Crippen molar-refractivity contribution >= 4 is 21.8 Å². The highest BCUT2D eigenvalue weighted by atomic mass is 15.0. The number of para-hydroxylation sites is 2. The van der Waals surface area contributed by atoms with Crippen LogP contribution in [0.5, 0.6) is 0 Å². The molecule has 0 saturated heterocycles. The highest BCUT2D eigenvalue weighted by Crippen LogP contribution is 2.45. The van der Waals surface area contributed by atoms with Crippen LogP contribution in [-0.4, -0.2) is 4.57 Å². The first kappa shape index (κ1) is 35.9. The highest BCUT2D eigenvalue weighted by molar-refractivity contribution is 6.10. The average molecular weight is 748 g/mol. The van der Waals surface area contributed by atoms with E-state index in [2.05, 4.69) is 222 Å². The van der Waals surface area contributed by atoms with E-state index in [-0.39, 0.29) is 10.8 Å².